The van der Waals surface area contributed by atoms with Crippen LogP contribution in [0, 0.1) is 13.8 Å². The highest BCUT2D eigenvalue weighted by Crippen LogP contribution is 2.32. The molecule has 0 unspecified atom stereocenters. The Morgan fingerprint density at radius 2 is 2.00 bits per heavy atom. The first-order valence-electron chi connectivity index (χ1n) is 11.1. The number of benzene rings is 1. The number of furan rings is 1. The van der Waals surface area contributed by atoms with Crippen LogP contribution in [0.3, 0.4) is 0 Å². The maximum atomic E-state index is 13.1. The van der Waals surface area contributed by atoms with E-state index in [2.05, 4.69) is 29.4 Å². The molecule has 1 aliphatic carbocycles. The van der Waals surface area contributed by atoms with Crippen molar-refractivity contribution < 1.29 is 18.7 Å². The third kappa shape index (κ3) is 4.72. The maximum absolute atomic E-state index is 13.1. The quantitative estimate of drug-likeness (QED) is 0.335. The number of fused-ring (bicyclic) bond motifs is 1. The smallest absolute Gasteiger partial charge is 0.379 e. The molecule has 0 bridgehead atoms. The minimum absolute atomic E-state index is 0.171. The molecule has 4 rings (SSSR count). The number of ether oxygens (including phenoxy) is 1. The molecule has 3 aromatic rings. The number of pyridine rings is 1. The molecule has 170 valence electrons. The summed E-state index contributed by atoms with van der Waals surface area (Å²) in [5.41, 5.74) is 7.11. The molecule has 1 amide bonds. The Labute approximate surface area is 192 Å². The molecule has 0 fully saturated rings. The Morgan fingerprint density at radius 1 is 1.18 bits per heavy atom. The van der Waals surface area contributed by atoms with Gasteiger partial charge in [-0.3, -0.25) is 9.78 Å². The van der Waals surface area contributed by atoms with Crippen LogP contribution in [0.4, 0.5) is 0 Å². The van der Waals surface area contributed by atoms with Crippen LogP contribution in [0.2, 0.25) is 0 Å². The van der Waals surface area contributed by atoms with Crippen molar-refractivity contribution in [3.8, 4) is 5.75 Å². The van der Waals surface area contributed by atoms with E-state index < -0.39 is 5.97 Å². The highest BCUT2D eigenvalue weighted by molar-refractivity contribution is 6.06. The number of aromatic nitrogens is 1. The van der Waals surface area contributed by atoms with Crippen LogP contribution >= 0.6 is 0 Å². The summed E-state index contributed by atoms with van der Waals surface area (Å²) in [5.74, 6) is 0.734. The van der Waals surface area contributed by atoms with E-state index in [9.17, 15) is 9.59 Å². The number of hydrogen-bond donors (Lipinski definition) is 1. The van der Waals surface area contributed by atoms with E-state index in [-0.39, 0.29) is 17.6 Å². The van der Waals surface area contributed by atoms with Crippen LogP contribution in [0.5, 0.6) is 5.75 Å². The van der Waals surface area contributed by atoms with Crippen molar-refractivity contribution in [2.24, 2.45) is 5.10 Å². The predicted octanol–water partition coefficient (Wildman–Crippen LogP) is 5.10. The molecule has 2 aromatic heterocycles. The van der Waals surface area contributed by atoms with Crippen molar-refractivity contribution >= 4 is 17.6 Å². The first-order chi connectivity index (χ1) is 15.8. The van der Waals surface area contributed by atoms with E-state index in [0.717, 1.165) is 23.1 Å². The summed E-state index contributed by atoms with van der Waals surface area (Å²) in [6.45, 7) is 7.89. The molecule has 0 spiro atoms. The Balaban J connectivity index is 1.60. The van der Waals surface area contributed by atoms with Gasteiger partial charge in [0.2, 0.25) is 5.76 Å². The number of nitrogens with zero attached hydrogens (tertiary/aromatic N) is 2. The van der Waals surface area contributed by atoms with Crippen molar-refractivity contribution in [2.45, 2.75) is 52.9 Å². The SMILES string of the molecule is Cc1ccc(C(C)C)c(OC(=O)c2oc3c(c2C)/C(=N/NC(=O)c2cccnc2)CCC3)c1. The van der Waals surface area contributed by atoms with Gasteiger partial charge in [-0.15, -0.1) is 0 Å². The van der Waals surface area contributed by atoms with Crippen molar-refractivity contribution in [1.82, 2.24) is 10.4 Å². The van der Waals surface area contributed by atoms with Gasteiger partial charge in [-0.25, -0.2) is 10.2 Å². The monoisotopic (exact) mass is 445 g/mol. The summed E-state index contributed by atoms with van der Waals surface area (Å²) in [7, 11) is 0. The molecular weight excluding hydrogens is 418 g/mol. The molecule has 0 saturated carbocycles. The first kappa shape index (κ1) is 22.5. The van der Waals surface area contributed by atoms with E-state index in [1.54, 1.807) is 18.3 Å². The minimum atomic E-state index is -0.534. The van der Waals surface area contributed by atoms with E-state index in [0.29, 0.717) is 41.2 Å². The van der Waals surface area contributed by atoms with Crippen LogP contribution in [-0.4, -0.2) is 22.6 Å². The Hall–Kier alpha value is -3.74. The molecule has 0 aliphatic heterocycles. The van der Waals surface area contributed by atoms with Gasteiger partial charge in [0.05, 0.1) is 11.3 Å². The zero-order valence-corrected chi connectivity index (χ0v) is 19.3. The zero-order chi connectivity index (χ0) is 23.5. The number of hydrogen-bond acceptors (Lipinski definition) is 6. The lowest BCUT2D eigenvalue weighted by Gasteiger charge is -2.13. The molecule has 1 N–H and O–H groups in total. The number of amides is 1. The van der Waals surface area contributed by atoms with Crippen molar-refractivity contribution in [3.63, 3.8) is 0 Å². The third-order valence-electron chi connectivity index (χ3n) is 5.72. The molecule has 0 atom stereocenters. The van der Waals surface area contributed by atoms with Gasteiger partial charge in [0, 0.05) is 29.9 Å². The topological polar surface area (TPSA) is 93.8 Å². The largest absolute Gasteiger partial charge is 0.453 e. The number of rotatable bonds is 5. The lowest BCUT2D eigenvalue weighted by Crippen LogP contribution is -2.22. The summed E-state index contributed by atoms with van der Waals surface area (Å²) in [6, 6.07) is 9.22. The fourth-order valence-corrected chi connectivity index (χ4v) is 4.01. The number of carbonyl (C=O) groups is 2. The van der Waals surface area contributed by atoms with E-state index in [1.807, 2.05) is 32.0 Å². The van der Waals surface area contributed by atoms with E-state index in [4.69, 9.17) is 9.15 Å². The van der Waals surface area contributed by atoms with Gasteiger partial charge >= 0.3 is 5.97 Å². The lowest BCUT2D eigenvalue weighted by molar-refractivity contribution is 0.0696. The second-order valence-corrected chi connectivity index (χ2v) is 8.53. The van der Waals surface area contributed by atoms with Gasteiger partial charge in [-0.1, -0.05) is 26.0 Å². The van der Waals surface area contributed by atoms with Crippen LogP contribution in [0.15, 0.2) is 52.2 Å². The van der Waals surface area contributed by atoms with Crippen molar-refractivity contribution in [3.05, 3.63) is 82.1 Å². The van der Waals surface area contributed by atoms with Gasteiger partial charge in [-0.05, 0) is 61.9 Å². The highest BCUT2D eigenvalue weighted by Gasteiger charge is 2.29. The van der Waals surface area contributed by atoms with Gasteiger partial charge < -0.3 is 9.15 Å². The van der Waals surface area contributed by atoms with Gasteiger partial charge in [-0.2, -0.15) is 5.10 Å². The van der Waals surface area contributed by atoms with Gasteiger partial charge in [0.25, 0.3) is 5.91 Å². The zero-order valence-electron chi connectivity index (χ0n) is 19.3. The van der Waals surface area contributed by atoms with E-state index >= 15 is 0 Å². The average molecular weight is 446 g/mol. The summed E-state index contributed by atoms with van der Waals surface area (Å²) in [4.78, 5) is 29.4. The Kier molecular flexibility index (Phi) is 6.40. The fourth-order valence-electron chi connectivity index (χ4n) is 4.01. The summed E-state index contributed by atoms with van der Waals surface area (Å²) in [6.07, 6.45) is 5.26. The Morgan fingerprint density at radius 3 is 2.73 bits per heavy atom. The van der Waals surface area contributed by atoms with Gasteiger partial charge in [0.15, 0.2) is 0 Å². The Bertz CT molecular complexity index is 1230. The molecule has 1 aliphatic rings. The number of nitrogens with one attached hydrogen (secondary N) is 1. The molecule has 0 saturated heterocycles. The molecule has 2 heterocycles. The highest BCUT2D eigenvalue weighted by atomic mass is 16.5. The maximum Gasteiger partial charge on any atom is 0.379 e. The number of hydrazone groups is 1. The first-order valence-corrected chi connectivity index (χ1v) is 11.1. The van der Waals surface area contributed by atoms with Crippen LogP contribution < -0.4 is 10.2 Å². The molecule has 0 radical (unpaired) electrons. The van der Waals surface area contributed by atoms with Crippen LogP contribution in [0.25, 0.3) is 0 Å². The summed E-state index contributed by atoms with van der Waals surface area (Å²) >= 11 is 0. The lowest BCUT2D eigenvalue weighted by atomic mass is 9.93. The average Bonchev–Trinajstić information content (AvgIpc) is 3.15. The molecule has 1 aromatic carbocycles. The standard InChI is InChI=1S/C26H27N3O4/c1-15(2)19-11-10-16(3)13-22(19)33-26(31)24-17(4)23-20(8-5-9-21(23)32-24)28-29-25(30)18-7-6-12-27-14-18/h6-7,10-15H,5,8-9H2,1-4H3,(H,29,30)/b28-20+. The van der Waals surface area contributed by atoms with E-state index in [1.165, 1.54) is 6.20 Å². The third-order valence-corrected chi connectivity index (χ3v) is 5.72. The molecular formula is C26H27N3O4. The van der Waals surface area contributed by atoms with Crippen LogP contribution in [0.1, 0.15) is 81.5 Å². The summed E-state index contributed by atoms with van der Waals surface area (Å²) in [5, 5.41) is 4.34. The van der Waals surface area contributed by atoms with Gasteiger partial charge in [0.1, 0.15) is 11.5 Å². The minimum Gasteiger partial charge on any atom is -0.453 e. The normalized spacial score (nSPS) is 14.3. The second kappa shape index (κ2) is 9.40. The number of carbonyl (C=O) groups excluding carboxylic acids is 2. The molecule has 7 heteroatoms. The second-order valence-electron chi connectivity index (χ2n) is 8.53. The molecule has 33 heavy (non-hydrogen) atoms. The van der Waals surface area contributed by atoms with Crippen LogP contribution in [-0.2, 0) is 6.42 Å². The fraction of sp³-hybridized carbons (Fsp3) is 0.308. The summed E-state index contributed by atoms with van der Waals surface area (Å²) < 4.78 is 11.7. The molecule has 7 nitrogen and oxygen atoms in total. The van der Waals surface area contributed by atoms with Crippen molar-refractivity contribution in [2.75, 3.05) is 0 Å². The predicted molar refractivity (Wildman–Crippen MR) is 125 cm³/mol. The number of aryl methyl sites for hydroxylation is 2. The van der Waals surface area contributed by atoms with Crippen molar-refractivity contribution in [1.29, 1.82) is 0 Å². The number of esters is 1.